The van der Waals surface area contributed by atoms with Gasteiger partial charge in [-0.2, -0.15) is 0 Å². The Labute approximate surface area is 79.0 Å². The Kier molecular flexibility index (Phi) is 3.40. The van der Waals surface area contributed by atoms with Crippen LogP contribution in [0, 0.1) is 5.41 Å². The molecule has 0 aliphatic heterocycles. The van der Waals surface area contributed by atoms with Gasteiger partial charge in [-0.25, -0.2) is 0 Å². The van der Waals surface area contributed by atoms with Gasteiger partial charge < -0.3 is 4.79 Å². The summed E-state index contributed by atoms with van der Waals surface area (Å²) in [7, 11) is 0. The Bertz CT molecular complexity index is 230. The predicted octanol–water partition coefficient (Wildman–Crippen LogP) is 2.28. The molecule has 0 N–H and O–H groups in total. The molecule has 0 aromatic carbocycles. The molecule has 72 valence electrons. The number of Topliss-reactive ketones (excluding diaryl/α,β-unsaturated/α-hetero) is 1. The summed E-state index contributed by atoms with van der Waals surface area (Å²) in [5, 5.41) is 0. The van der Waals surface area contributed by atoms with E-state index in [0.717, 1.165) is 25.5 Å². The van der Waals surface area contributed by atoms with E-state index in [1.165, 1.54) is 0 Å². The first kappa shape index (κ1) is 10.2. The molecule has 0 aromatic heterocycles. The zero-order chi connectivity index (χ0) is 9.73. The fourth-order valence-electron chi connectivity index (χ4n) is 1.83. The van der Waals surface area contributed by atoms with E-state index in [1.807, 2.05) is 19.1 Å². The number of allylic oxidation sites excluding steroid dienone is 2. The van der Waals surface area contributed by atoms with Crippen LogP contribution in [0.2, 0.25) is 0 Å². The standard InChI is InChI=1S/C11H16O2/c1-2-3-7-11(9-12)8-5-4-6-10(11)13/h2-3,9H,4-8H2,1H3/b3-2+. The van der Waals surface area contributed by atoms with Crippen LogP contribution in [-0.2, 0) is 9.59 Å². The van der Waals surface area contributed by atoms with Crippen molar-refractivity contribution in [1.82, 2.24) is 0 Å². The first-order valence-corrected chi connectivity index (χ1v) is 4.86. The highest BCUT2D eigenvalue weighted by Crippen LogP contribution is 2.34. The molecule has 0 spiro atoms. The third-order valence-corrected chi connectivity index (χ3v) is 2.78. The van der Waals surface area contributed by atoms with E-state index in [-0.39, 0.29) is 5.78 Å². The molecule has 0 radical (unpaired) electrons. The number of carbonyl (C=O) groups excluding carboxylic acids is 2. The summed E-state index contributed by atoms with van der Waals surface area (Å²) in [6, 6.07) is 0. The molecule has 0 heterocycles. The molecule has 0 saturated heterocycles. The maximum absolute atomic E-state index is 11.6. The van der Waals surface area contributed by atoms with Crippen molar-refractivity contribution in [3.05, 3.63) is 12.2 Å². The largest absolute Gasteiger partial charge is 0.302 e. The van der Waals surface area contributed by atoms with Crippen LogP contribution in [0.4, 0.5) is 0 Å². The number of hydrogen-bond acceptors (Lipinski definition) is 2. The Morgan fingerprint density at radius 1 is 1.46 bits per heavy atom. The van der Waals surface area contributed by atoms with Gasteiger partial charge in [0.05, 0.1) is 5.41 Å². The molecular weight excluding hydrogens is 164 g/mol. The van der Waals surface area contributed by atoms with Crippen molar-refractivity contribution < 1.29 is 9.59 Å². The van der Waals surface area contributed by atoms with Crippen molar-refractivity contribution in [1.29, 1.82) is 0 Å². The normalized spacial score (nSPS) is 29.5. The van der Waals surface area contributed by atoms with Crippen molar-refractivity contribution >= 4 is 12.1 Å². The van der Waals surface area contributed by atoms with Gasteiger partial charge in [0.15, 0.2) is 0 Å². The predicted molar refractivity (Wildman–Crippen MR) is 51.4 cm³/mol. The highest BCUT2D eigenvalue weighted by Gasteiger charge is 2.38. The lowest BCUT2D eigenvalue weighted by atomic mass is 9.72. The van der Waals surface area contributed by atoms with E-state index in [4.69, 9.17) is 0 Å². The molecule has 0 aromatic rings. The molecule has 2 nitrogen and oxygen atoms in total. The third kappa shape index (κ3) is 2.06. The Morgan fingerprint density at radius 3 is 2.77 bits per heavy atom. The van der Waals surface area contributed by atoms with Crippen molar-refractivity contribution in [2.24, 2.45) is 5.41 Å². The topological polar surface area (TPSA) is 34.1 Å². The summed E-state index contributed by atoms with van der Waals surface area (Å²) in [6.07, 6.45) is 8.52. The summed E-state index contributed by atoms with van der Waals surface area (Å²) < 4.78 is 0. The molecule has 1 saturated carbocycles. The molecule has 1 fully saturated rings. The molecule has 1 rings (SSSR count). The maximum Gasteiger partial charge on any atom is 0.146 e. The number of carbonyl (C=O) groups is 2. The number of aldehydes is 1. The first-order valence-electron chi connectivity index (χ1n) is 4.86. The molecule has 0 bridgehead atoms. The maximum atomic E-state index is 11.6. The summed E-state index contributed by atoms with van der Waals surface area (Å²) in [6.45, 7) is 1.91. The van der Waals surface area contributed by atoms with Gasteiger partial charge in [-0.15, -0.1) is 0 Å². The van der Waals surface area contributed by atoms with Gasteiger partial charge >= 0.3 is 0 Å². The lowest BCUT2D eigenvalue weighted by Crippen LogP contribution is -2.35. The van der Waals surface area contributed by atoms with E-state index in [9.17, 15) is 9.59 Å². The zero-order valence-corrected chi connectivity index (χ0v) is 8.08. The minimum Gasteiger partial charge on any atom is -0.302 e. The van der Waals surface area contributed by atoms with Gasteiger partial charge in [-0.05, 0) is 26.2 Å². The van der Waals surface area contributed by atoms with Gasteiger partial charge in [-0.3, -0.25) is 4.79 Å². The summed E-state index contributed by atoms with van der Waals surface area (Å²) in [5.74, 6) is 0.131. The number of ketones is 1. The molecule has 1 aliphatic rings. The lowest BCUT2D eigenvalue weighted by Gasteiger charge is -2.29. The average molecular weight is 180 g/mol. The highest BCUT2D eigenvalue weighted by molar-refractivity contribution is 5.98. The van der Waals surface area contributed by atoms with Gasteiger partial charge in [0, 0.05) is 6.42 Å². The van der Waals surface area contributed by atoms with E-state index >= 15 is 0 Å². The zero-order valence-electron chi connectivity index (χ0n) is 8.08. The van der Waals surface area contributed by atoms with Crippen LogP contribution in [0.15, 0.2) is 12.2 Å². The smallest absolute Gasteiger partial charge is 0.146 e. The molecule has 0 amide bonds. The second-order valence-corrected chi connectivity index (χ2v) is 3.68. The number of hydrogen-bond donors (Lipinski definition) is 0. The van der Waals surface area contributed by atoms with E-state index in [1.54, 1.807) is 0 Å². The average Bonchev–Trinajstić information content (AvgIpc) is 2.17. The fraction of sp³-hybridized carbons (Fsp3) is 0.636. The van der Waals surface area contributed by atoms with Crippen LogP contribution in [0.5, 0.6) is 0 Å². The summed E-state index contributed by atoms with van der Waals surface area (Å²) in [4.78, 5) is 22.5. The second kappa shape index (κ2) is 4.35. The molecular formula is C11H16O2. The van der Waals surface area contributed by atoms with Gasteiger partial charge in [0.1, 0.15) is 12.1 Å². The molecule has 1 atom stereocenters. The minimum atomic E-state index is -0.676. The monoisotopic (exact) mass is 180 g/mol. The second-order valence-electron chi connectivity index (χ2n) is 3.68. The van der Waals surface area contributed by atoms with Crippen molar-refractivity contribution in [2.45, 2.75) is 39.0 Å². The van der Waals surface area contributed by atoms with Crippen molar-refractivity contribution in [3.63, 3.8) is 0 Å². The third-order valence-electron chi connectivity index (χ3n) is 2.78. The van der Waals surface area contributed by atoms with Crippen LogP contribution in [0.25, 0.3) is 0 Å². The van der Waals surface area contributed by atoms with Gasteiger partial charge in [-0.1, -0.05) is 18.6 Å². The molecule has 2 heteroatoms. The molecule has 1 aliphatic carbocycles. The molecule has 13 heavy (non-hydrogen) atoms. The highest BCUT2D eigenvalue weighted by atomic mass is 16.1. The van der Waals surface area contributed by atoms with Crippen molar-refractivity contribution in [2.75, 3.05) is 0 Å². The Hall–Kier alpha value is -0.920. The fourth-order valence-corrected chi connectivity index (χ4v) is 1.83. The van der Waals surface area contributed by atoms with Gasteiger partial charge in [0.25, 0.3) is 0 Å². The van der Waals surface area contributed by atoms with E-state index in [2.05, 4.69) is 0 Å². The van der Waals surface area contributed by atoms with Crippen molar-refractivity contribution in [3.8, 4) is 0 Å². The summed E-state index contributed by atoms with van der Waals surface area (Å²) >= 11 is 0. The lowest BCUT2D eigenvalue weighted by molar-refractivity contribution is -0.136. The Morgan fingerprint density at radius 2 is 2.23 bits per heavy atom. The van der Waals surface area contributed by atoms with Gasteiger partial charge in [0.2, 0.25) is 0 Å². The van der Waals surface area contributed by atoms with Crippen LogP contribution in [-0.4, -0.2) is 12.1 Å². The van der Waals surface area contributed by atoms with Crippen LogP contribution in [0.1, 0.15) is 39.0 Å². The van der Waals surface area contributed by atoms with Crippen LogP contribution in [0.3, 0.4) is 0 Å². The van der Waals surface area contributed by atoms with E-state index < -0.39 is 5.41 Å². The van der Waals surface area contributed by atoms with Crippen LogP contribution < -0.4 is 0 Å². The SMILES string of the molecule is C/C=C/CC1(C=O)CCCCC1=O. The minimum absolute atomic E-state index is 0.131. The number of rotatable bonds is 3. The van der Waals surface area contributed by atoms with Crippen LogP contribution >= 0.6 is 0 Å². The quantitative estimate of drug-likeness (QED) is 0.379. The first-order chi connectivity index (χ1) is 6.25. The Balaban J connectivity index is 2.75. The summed E-state index contributed by atoms with van der Waals surface area (Å²) in [5.41, 5.74) is -0.676. The van der Waals surface area contributed by atoms with E-state index in [0.29, 0.717) is 12.8 Å². The molecule has 1 unspecified atom stereocenters.